The fraction of sp³-hybridized carbons (Fsp3) is 0.583. The first kappa shape index (κ1) is 14.7. The van der Waals surface area contributed by atoms with E-state index in [0.29, 0.717) is 18.7 Å². The highest BCUT2D eigenvalue weighted by Crippen LogP contribution is 2.12. The van der Waals surface area contributed by atoms with Gasteiger partial charge in [-0.3, -0.25) is 4.79 Å². The average molecular weight is 298 g/mol. The fourth-order valence-corrected chi connectivity index (χ4v) is 3.75. The Kier molecular flexibility index (Phi) is 4.53. The molecule has 1 unspecified atom stereocenters. The molecule has 110 valence electrons. The highest BCUT2D eigenvalue weighted by molar-refractivity contribution is 7.91. The Balaban J connectivity index is 1.97. The van der Waals surface area contributed by atoms with E-state index < -0.39 is 9.84 Å². The summed E-state index contributed by atoms with van der Waals surface area (Å²) < 4.78 is 23.0. The normalized spacial score (nSPS) is 21.1. The molecule has 1 fully saturated rings. The molecule has 0 bridgehead atoms. The van der Waals surface area contributed by atoms with Crippen LogP contribution in [0.1, 0.15) is 30.3 Å². The number of rotatable bonds is 4. The Morgan fingerprint density at radius 1 is 1.40 bits per heavy atom. The quantitative estimate of drug-likeness (QED) is 0.824. The van der Waals surface area contributed by atoms with Crippen LogP contribution < -0.4 is 10.6 Å². The van der Waals surface area contributed by atoms with Crippen molar-refractivity contribution in [2.75, 3.05) is 23.4 Å². The zero-order valence-corrected chi connectivity index (χ0v) is 12.1. The van der Waals surface area contributed by atoms with E-state index in [4.69, 9.17) is 0 Å². The molecule has 0 aliphatic carbocycles. The van der Waals surface area contributed by atoms with Gasteiger partial charge in [0.15, 0.2) is 9.84 Å². The van der Waals surface area contributed by atoms with Crippen molar-refractivity contribution in [1.29, 1.82) is 0 Å². The molecule has 0 spiro atoms. The number of nitrogens with zero attached hydrogens (tertiary/aromatic N) is 2. The van der Waals surface area contributed by atoms with Gasteiger partial charge in [0, 0.05) is 12.6 Å². The molecule has 1 aromatic heterocycles. The van der Waals surface area contributed by atoms with Crippen LogP contribution in [0.2, 0.25) is 0 Å². The number of aromatic nitrogens is 2. The Labute approximate surface area is 118 Å². The van der Waals surface area contributed by atoms with E-state index in [1.165, 1.54) is 12.4 Å². The Morgan fingerprint density at radius 2 is 2.20 bits per heavy atom. The van der Waals surface area contributed by atoms with Crippen LogP contribution in [-0.2, 0) is 9.84 Å². The molecule has 1 aliphatic rings. The monoisotopic (exact) mass is 298 g/mol. The van der Waals surface area contributed by atoms with Crippen LogP contribution in [0.25, 0.3) is 0 Å². The van der Waals surface area contributed by atoms with Crippen LogP contribution in [0.3, 0.4) is 0 Å². The highest BCUT2D eigenvalue weighted by Gasteiger charge is 2.26. The van der Waals surface area contributed by atoms with Crippen LogP contribution >= 0.6 is 0 Å². The lowest BCUT2D eigenvalue weighted by molar-refractivity contribution is 0.0933. The van der Waals surface area contributed by atoms with Crippen molar-refractivity contribution in [1.82, 2.24) is 15.3 Å². The van der Waals surface area contributed by atoms with E-state index in [-0.39, 0.29) is 29.1 Å². The van der Waals surface area contributed by atoms with E-state index in [1.807, 2.05) is 6.92 Å². The van der Waals surface area contributed by atoms with Crippen molar-refractivity contribution in [3.05, 3.63) is 18.1 Å². The molecule has 2 N–H and O–H groups in total. The van der Waals surface area contributed by atoms with Crippen molar-refractivity contribution >= 4 is 21.6 Å². The van der Waals surface area contributed by atoms with Crippen molar-refractivity contribution in [3.8, 4) is 0 Å². The Bertz CT molecular complexity index is 571. The van der Waals surface area contributed by atoms with E-state index in [9.17, 15) is 13.2 Å². The predicted molar refractivity (Wildman–Crippen MR) is 75.3 cm³/mol. The molecular formula is C12H18N4O3S. The lowest BCUT2D eigenvalue weighted by Gasteiger charge is -2.22. The highest BCUT2D eigenvalue weighted by atomic mass is 32.2. The summed E-state index contributed by atoms with van der Waals surface area (Å²) in [5.74, 6) is 0.421. The van der Waals surface area contributed by atoms with Crippen LogP contribution in [0, 0.1) is 0 Å². The first-order valence-electron chi connectivity index (χ1n) is 6.57. The largest absolute Gasteiger partial charge is 0.369 e. The molecule has 8 heteroatoms. The second kappa shape index (κ2) is 6.17. The molecule has 0 saturated carbocycles. The standard InChI is InChI=1S/C12H18N4O3S/c1-2-13-11-7-14-10(6-15-11)12(17)16-9-4-3-5-20(18,19)8-9/h6-7,9H,2-5,8H2,1H3,(H,13,15)(H,16,17). The first-order chi connectivity index (χ1) is 9.50. The first-order valence-corrected chi connectivity index (χ1v) is 8.39. The zero-order valence-electron chi connectivity index (χ0n) is 11.3. The number of anilines is 1. The molecule has 20 heavy (non-hydrogen) atoms. The molecule has 0 aromatic carbocycles. The van der Waals surface area contributed by atoms with E-state index >= 15 is 0 Å². The number of hydrogen-bond donors (Lipinski definition) is 2. The topological polar surface area (TPSA) is 101 Å². The number of nitrogens with one attached hydrogen (secondary N) is 2. The summed E-state index contributed by atoms with van der Waals surface area (Å²) in [7, 11) is -3.03. The van der Waals surface area contributed by atoms with Gasteiger partial charge in [0.2, 0.25) is 0 Å². The number of amides is 1. The van der Waals surface area contributed by atoms with Crippen LogP contribution in [0.5, 0.6) is 0 Å². The molecule has 2 rings (SSSR count). The van der Waals surface area contributed by atoms with Crippen molar-refractivity contribution in [3.63, 3.8) is 0 Å². The second-order valence-electron chi connectivity index (χ2n) is 4.74. The third-order valence-corrected chi connectivity index (χ3v) is 4.86. The van der Waals surface area contributed by atoms with Gasteiger partial charge in [-0.1, -0.05) is 0 Å². The Morgan fingerprint density at radius 3 is 2.80 bits per heavy atom. The summed E-state index contributed by atoms with van der Waals surface area (Å²) in [6.07, 6.45) is 4.12. The van der Waals surface area contributed by atoms with Crippen molar-refractivity contribution < 1.29 is 13.2 Å². The maximum absolute atomic E-state index is 12.0. The summed E-state index contributed by atoms with van der Waals surface area (Å²) >= 11 is 0. The summed E-state index contributed by atoms with van der Waals surface area (Å²) in [5.41, 5.74) is 0.189. The summed E-state index contributed by atoms with van der Waals surface area (Å²) in [4.78, 5) is 20.0. The van der Waals surface area contributed by atoms with Gasteiger partial charge in [0.05, 0.1) is 23.9 Å². The second-order valence-corrected chi connectivity index (χ2v) is 6.97. The number of carbonyl (C=O) groups is 1. The van der Waals surface area contributed by atoms with Gasteiger partial charge in [-0.15, -0.1) is 0 Å². The lowest BCUT2D eigenvalue weighted by Crippen LogP contribution is -2.43. The van der Waals surface area contributed by atoms with Gasteiger partial charge < -0.3 is 10.6 Å². The molecule has 1 saturated heterocycles. The van der Waals surface area contributed by atoms with Gasteiger partial charge >= 0.3 is 0 Å². The maximum atomic E-state index is 12.0. The van der Waals surface area contributed by atoms with Crippen molar-refractivity contribution in [2.45, 2.75) is 25.8 Å². The molecule has 2 heterocycles. The Hall–Kier alpha value is -1.70. The summed E-state index contributed by atoms with van der Waals surface area (Å²) in [5, 5.41) is 5.68. The predicted octanol–water partition coefficient (Wildman–Crippen LogP) is 0.215. The molecule has 1 amide bonds. The lowest BCUT2D eigenvalue weighted by atomic mass is 10.2. The number of sulfone groups is 1. The van der Waals surface area contributed by atoms with Crippen LogP contribution in [0.15, 0.2) is 12.4 Å². The van der Waals surface area contributed by atoms with Crippen molar-refractivity contribution in [2.24, 2.45) is 0 Å². The smallest absolute Gasteiger partial charge is 0.271 e. The van der Waals surface area contributed by atoms with Gasteiger partial charge in [-0.05, 0) is 19.8 Å². The summed E-state index contributed by atoms with van der Waals surface area (Å²) in [6.45, 7) is 2.66. The summed E-state index contributed by atoms with van der Waals surface area (Å²) in [6, 6.07) is -0.337. The van der Waals surface area contributed by atoms with Crippen LogP contribution in [-0.4, -0.2) is 48.4 Å². The van der Waals surface area contributed by atoms with E-state index in [2.05, 4.69) is 20.6 Å². The van der Waals surface area contributed by atoms with Gasteiger partial charge in [0.1, 0.15) is 11.5 Å². The molecule has 1 atom stereocenters. The molecule has 1 aromatic rings. The van der Waals surface area contributed by atoms with E-state index in [0.717, 1.165) is 6.54 Å². The van der Waals surface area contributed by atoms with Gasteiger partial charge in [-0.25, -0.2) is 18.4 Å². The fourth-order valence-electron chi connectivity index (χ4n) is 2.11. The minimum atomic E-state index is -3.03. The third kappa shape index (κ3) is 3.89. The molecule has 0 radical (unpaired) electrons. The third-order valence-electron chi connectivity index (χ3n) is 3.04. The van der Waals surface area contributed by atoms with Gasteiger partial charge in [0.25, 0.3) is 5.91 Å². The minimum absolute atomic E-state index is 0.00163. The number of carbonyl (C=O) groups excluding carboxylic acids is 1. The van der Waals surface area contributed by atoms with Gasteiger partial charge in [-0.2, -0.15) is 0 Å². The minimum Gasteiger partial charge on any atom is -0.369 e. The SMILES string of the molecule is CCNc1cnc(C(=O)NC2CCCS(=O)(=O)C2)cn1. The van der Waals surface area contributed by atoms with Crippen LogP contribution in [0.4, 0.5) is 5.82 Å². The maximum Gasteiger partial charge on any atom is 0.271 e. The molecule has 1 aliphatic heterocycles. The average Bonchev–Trinajstić information content (AvgIpc) is 2.38. The number of hydrogen-bond acceptors (Lipinski definition) is 6. The molecule has 7 nitrogen and oxygen atoms in total. The molecular weight excluding hydrogens is 280 g/mol. The zero-order chi connectivity index (χ0) is 14.6. The van der Waals surface area contributed by atoms with E-state index in [1.54, 1.807) is 0 Å².